The smallest absolute Gasteiger partial charge is 0.243 e. The number of aryl methyl sites for hydroxylation is 1. The van der Waals surface area contributed by atoms with Crippen LogP contribution in [0.4, 0.5) is 0 Å². The fraction of sp³-hybridized carbons (Fsp3) is 0.571. The second-order valence-corrected chi connectivity index (χ2v) is 6.43. The molecule has 2 rings (SSSR count). The van der Waals surface area contributed by atoms with Gasteiger partial charge in [0.05, 0.1) is 6.04 Å². The lowest BCUT2D eigenvalue weighted by atomic mass is 10.2. The molecule has 0 aliphatic rings. The Balaban J connectivity index is 1.96. The Morgan fingerprint density at radius 1 is 1.30 bits per heavy atom. The van der Waals surface area contributed by atoms with Crippen LogP contribution in [-0.4, -0.2) is 41.1 Å². The largest absolute Gasteiger partial charge is 0.338 e. The number of hydrogen-bond donors (Lipinski definition) is 0. The second-order valence-electron chi connectivity index (χ2n) is 5.43. The first-order chi connectivity index (χ1) is 9.45. The maximum atomic E-state index is 5.24. The van der Waals surface area contributed by atoms with Crippen LogP contribution in [0.5, 0.6) is 0 Å². The third-order valence-electron chi connectivity index (χ3n) is 3.17. The van der Waals surface area contributed by atoms with E-state index in [0.717, 1.165) is 13.1 Å². The summed E-state index contributed by atoms with van der Waals surface area (Å²) in [5.74, 6) is 1.36. The molecule has 20 heavy (non-hydrogen) atoms. The molecule has 0 N–H and O–H groups in total. The summed E-state index contributed by atoms with van der Waals surface area (Å²) in [5, 5.41) is 6.08. The lowest BCUT2D eigenvalue weighted by Crippen LogP contribution is -2.21. The standard InChI is InChI=1S/C14H22N4OS/c1-10(14-15-11(2)16-19-14)18(5)8-13-6-12(9-20-13)7-17(3)4/h6,9-10H,7-8H2,1-5H3/t10-/m0/s1. The van der Waals surface area contributed by atoms with Gasteiger partial charge in [0.25, 0.3) is 0 Å². The van der Waals surface area contributed by atoms with Gasteiger partial charge in [-0.25, -0.2) is 0 Å². The van der Waals surface area contributed by atoms with E-state index in [9.17, 15) is 0 Å². The quantitative estimate of drug-likeness (QED) is 0.819. The highest BCUT2D eigenvalue weighted by molar-refractivity contribution is 7.10. The Morgan fingerprint density at radius 2 is 2.05 bits per heavy atom. The van der Waals surface area contributed by atoms with Crippen molar-refractivity contribution in [2.24, 2.45) is 0 Å². The van der Waals surface area contributed by atoms with Crippen molar-refractivity contribution in [2.45, 2.75) is 33.0 Å². The summed E-state index contributed by atoms with van der Waals surface area (Å²) in [6.45, 7) is 5.80. The van der Waals surface area contributed by atoms with Crippen molar-refractivity contribution in [3.8, 4) is 0 Å². The summed E-state index contributed by atoms with van der Waals surface area (Å²) in [6, 6.07) is 2.39. The van der Waals surface area contributed by atoms with E-state index >= 15 is 0 Å². The molecule has 0 bridgehead atoms. The molecule has 2 aromatic rings. The summed E-state index contributed by atoms with van der Waals surface area (Å²) in [4.78, 5) is 10.0. The fourth-order valence-corrected chi connectivity index (χ4v) is 2.95. The lowest BCUT2D eigenvalue weighted by molar-refractivity contribution is 0.204. The number of aromatic nitrogens is 2. The monoisotopic (exact) mass is 294 g/mol. The zero-order valence-corrected chi connectivity index (χ0v) is 13.6. The van der Waals surface area contributed by atoms with Gasteiger partial charge in [0, 0.05) is 18.0 Å². The van der Waals surface area contributed by atoms with Gasteiger partial charge >= 0.3 is 0 Å². The van der Waals surface area contributed by atoms with Gasteiger partial charge in [0.15, 0.2) is 5.82 Å². The molecule has 2 aromatic heterocycles. The molecule has 1 atom stereocenters. The van der Waals surface area contributed by atoms with Gasteiger partial charge in [-0.05, 0) is 52.0 Å². The summed E-state index contributed by atoms with van der Waals surface area (Å²) in [5.41, 5.74) is 1.37. The zero-order valence-electron chi connectivity index (χ0n) is 12.8. The Labute approximate surface area is 124 Å². The SMILES string of the molecule is Cc1noc([C@H](C)N(C)Cc2cc(CN(C)C)cs2)n1. The molecular weight excluding hydrogens is 272 g/mol. The van der Waals surface area contributed by atoms with E-state index in [2.05, 4.69) is 59.5 Å². The Bertz CT molecular complexity index is 549. The molecule has 0 radical (unpaired) electrons. The van der Waals surface area contributed by atoms with Crippen molar-refractivity contribution in [2.75, 3.05) is 21.1 Å². The van der Waals surface area contributed by atoms with E-state index in [1.807, 2.05) is 6.92 Å². The molecule has 2 heterocycles. The Morgan fingerprint density at radius 3 is 2.65 bits per heavy atom. The first-order valence-electron chi connectivity index (χ1n) is 6.67. The Hall–Kier alpha value is -1.24. The Kier molecular flexibility index (Phi) is 4.91. The van der Waals surface area contributed by atoms with E-state index in [1.165, 1.54) is 10.4 Å². The van der Waals surface area contributed by atoms with Gasteiger partial charge in [-0.1, -0.05) is 5.16 Å². The van der Waals surface area contributed by atoms with E-state index in [-0.39, 0.29) is 6.04 Å². The van der Waals surface area contributed by atoms with Crippen LogP contribution in [0.1, 0.15) is 35.1 Å². The third-order valence-corrected chi connectivity index (χ3v) is 4.14. The molecule has 0 aliphatic carbocycles. The molecule has 0 saturated heterocycles. The highest BCUT2D eigenvalue weighted by Crippen LogP contribution is 2.22. The van der Waals surface area contributed by atoms with Crippen molar-refractivity contribution >= 4 is 11.3 Å². The van der Waals surface area contributed by atoms with Crippen molar-refractivity contribution in [3.63, 3.8) is 0 Å². The molecule has 0 amide bonds. The van der Waals surface area contributed by atoms with Crippen LogP contribution in [0, 0.1) is 6.92 Å². The van der Waals surface area contributed by atoms with Crippen LogP contribution >= 0.6 is 11.3 Å². The summed E-state index contributed by atoms with van der Waals surface area (Å²) < 4.78 is 5.24. The first kappa shape index (κ1) is 15.2. The zero-order chi connectivity index (χ0) is 14.7. The highest BCUT2D eigenvalue weighted by atomic mass is 32.1. The average Bonchev–Trinajstić information content (AvgIpc) is 2.97. The molecule has 0 unspecified atom stereocenters. The van der Waals surface area contributed by atoms with Gasteiger partial charge in [0.1, 0.15) is 0 Å². The second kappa shape index (κ2) is 6.47. The lowest BCUT2D eigenvalue weighted by Gasteiger charge is -2.20. The molecule has 0 aliphatic heterocycles. The van der Waals surface area contributed by atoms with Crippen LogP contribution in [0.15, 0.2) is 16.0 Å². The topological polar surface area (TPSA) is 45.4 Å². The van der Waals surface area contributed by atoms with Gasteiger partial charge < -0.3 is 9.42 Å². The van der Waals surface area contributed by atoms with Crippen LogP contribution in [0.2, 0.25) is 0 Å². The van der Waals surface area contributed by atoms with Gasteiger partial charge in [-0.3, -0.25) is 4.90 Å². The molecule has 0 saturated carbocycles. The normalized spacial score (nSPS) is 13.3. The average molecular weight is 294 g/mol. The minimum absolute atomic E-state index is 0.121. The maximum Gasteiger partial charge on any atom is 0.243 e. The summed E-state index contributed by atoms with van der Waals surface area (Å²) in [6.07, 6.45) is 0. The predicted octanol–water partition coefficient (Wildman–Crippen LogP) is 2.69. The number of rotatable bonds is 6. The fourth-order valence-electron chi connectivity index (χ4n) is 2.01. The van der Waals surface area contributed by atoms with E-state index < -0.39 is 0 Å². The number of hydrogen-bond acceptors (Lipinski definition) is 6. The van der Waals surface area contributed by atoms with Crippen LogP contribution in [0.25, 0.3) is 0 Å². The summed E-state index contributed by atoms with van der Waals surface area (Å²) in [7, 11) is 6.25. The number of nitrogens with zero attached hydrogens (tertiary/aromatic N) is 4. The minimum atomic E-state index is 0.121. The highest BCUT2D eigenvalue weighted by Gasteiger charge is 2.18. The molecule has 5 nitrogen and oxygen atoms in total. The predicted molar refractivity (Wildman–Crippen MR) is 80.6 cm³/mol. The van der Waals surface area contributed by atoms with Crippen molar-refractivity contribution in [1.82, 2.24) is 19.9 Å². The van der Waals surface area contributed by atoms with E-state index in [1.54, 1.807) is 11.3 Å². The minimum Gasteiger partial charge on any atom is -0.338 e. The van der Waals surface area contributed by atoms with E-state index in [0.29, 0.717) is 11.7 Å². The number of thiophene rings is 1. The van der Waals surface area contributed by atoms with Crippen molar-refractivity contribution in [3.05, 3.63) is 33.6 Å². The van der Waals surface area contributed by atoms with Crippen LogP contribution in [0.3, 0.4) is 0 Å². The molecule has 0 aromatic carbocycles. The van der Waals surface area contributed by atoms with Crippen molar-refractivity contribution < 1.29 is 4.52 Å². The van der Waals surface area contributed by atoms with Gasteiger partial charge in [-0.15, -0.1) is 11.3 Å². The van der Waals surface area contributed by atoms with Crippen LogP contribution < -0.4 is 0 Å². The van der Waals surface area contributed by atoms with Crippen molar-refractivity contribution in [1.29, 1.82) is 0 Å². The van der Waals surface area contributed by atoms with Crippen LogP contribution in [-0.2, 0) is 13.1 Å². The molecule has 0 spiro atoms. The van der Waals surface area contributed by atoms with Gasteiger partial charge in [-0.2, -0.15) is 4.98 Å². The molecule has 110 valence electrons. The maximum absolute atomic E-state index is 5.24. The molecule has 0 fully saturated rings. The third kappa shape index (κ3) is 3.88. The molecule has 6 heteroatoms. The van der Waals surface area contributed by atoms with Gasteiger partial charge in [0.2, 0.25) is 5.89 Å². The van der Waals surface area contributed by atoms with E-state index in [4.69, 9.17) is 4.52 Å². The first-order valence-corrected chi connectivity index (χ1v) is 7.55. The summed E-state index contributed by atoms with van der Waals surface area (Å²) >= 11 is 1.80. The molecular formula is C14H22N4OS.